The van der Waals surface area contributed by atoms with Crippen LogP contribution in [0.1, 0.15) is 36.8 Å². The van der Waals surface area contributed by atoms with Crippen LogP contribution >= 0.6 is 0 Å². The predicted octanol–water partition coefficient (Wildman–Crippen LogP) is 2.94. The molecule has 1 saturated heterocycles. The third-order valence-electron chi connectivity index (χ3n) is 4.29. The van der Waals surface area contributed by atoms with E-state index in [0.29, 0.717) is 13.2 Å². The van der Waals surface area contributed by atoms with Crippen LogP contribution in [-0.2, 0) is 21.3 Å². The number of aryl methyl sites for hydroxylation is 1. The fraction of sp³-hybridized carbons (Fsp3) is 0.562. The van der Waals surface area contributed by atoms with Crippen LogP contribution in [-0.4, -0.2) is 19.5 Å². The van der Waals surface area contributed by atoms with E-state index in [1.807, 2.05) is 6.07 Å². The number of nitriles is 1. The molecule has 0 amide bonds. The van der Waals surface area contributed by atoms with Crippen molar-refractivity contribution < 1.29 is 9.47 Å². The summed E-state index contributed by atoms with van der Waals surface area (Å²) in [6.07, 6.45) is 4.66. The molecule has 1 heterocycles. The lowest BCUT2D eigenvalue weighted by atomic mass is 9.68. The molecule has 0 radical (unpaired) electrons. The van der Waals surface area contributed by atoms with Gasteiger partial charge in [0.2, 0.25) is 0 Å². The molecule has 1 unspecified atom stereocenters. The first-order valence-electron chi connectivity index (χ1n) is 7.07. The van der Waals surface area contributed by atoms with E-state index in [2.05, 4.69) is 24.3 Å². The van der Waals surface area contributed by atoms with Gasteiger partial charge in [0.05, 0.1) is 24.7 Å². The molecule has 3 rings (SSSR count). The van der Waals surface area contributed by atoms with Gasteiger partial charge in [0.15, 0.2) is 6.29 Å². The van der Waals surface area contributed by atoms with E-state index in [4.69, 9.17) is 9.47 Å². The van der Waals surface area contributed by atoms with Crippen molar-refractivity contribution in [3.8, 4) is 6.07 Å². The third-order valence-corrected chi connectivity index (χ3v) is 4.29. The van der Waals surface area contributed by atoms with Crippen molar-refractivity contribution in [1.82, 2.24) is 0 Å². The van der Waals surface area contributed by atoms with E-state index in [-0.39, 0.29) is 11.7 Å². The van der Waals surface area contributed by atoms with Crippen molar-refractivity contribution in [2.75, 3.05) is 13.2 Å². The van der Waals surface area contributed by atoms with Crippen molar-refractivity contribution >= 4 is 0 Å². The molecule has 1 aromatic carbocycles. The summed E-state index contributed by atoms with van der Waals surface area (Å²) in [6.45, 7) is 1.36. The van der Waals surface area contributed by atoms with Gasteiger partial charge >= 0.3 is 0 Å². The zero-order valence-electron chi connectivity index (χ0n) is 11.1. The minimum absolute atomic E-state index is 0.112. The van der Waals surface area contributed by atoms with Crippen molar-refractivity contribution in [2.45, 2.75) is 43.8 Å². The summed E-state index contributed by atoms with van der Waals surface area (Å²) in [7, 11) is 0. The first-order chi connectivity index (χ1) is 9.34. The number of rotatable bonds is 3. The Morgan fingerprint density at radius 1 is 1.26 bits per heavy atom. The fourth-order valence-corrected chi connectivity index (χ4v) is 3.29. The Labute approximate surface area is 114 Å². The van der Waals surface area contributed by atoms with Crippen LogP contribution in [0.3, 0.4) is 0 Å². The molecule has 100 valence electrons. The monoisotopic (exact) mass is 257 g/mol. The summed E-state index contributed by atoms with van der Waals surface area (Å²) in [5.74, 6) is 0. The van der Waals surface area contributed by atoms with E-state index in [0.717, 1.165) is 32.1 Å². The Morgan fingerprint density at radius 2 is 2.05 bits per heavy atom. The molecule has 0 bridgehead atoms. The minimum Gasteiger partial charge on any atom is -0.350 e. The highest BCUT2D eigenvalue weighted by molar-refractivity contribution is 5.41. The molecule has 3 heteroatoms. The predicted molar refractivity (Wildman–Crippen MR) is 71.6 cm³/mol. The molecular formula is C16H19NO2. The topological polar surface area (TPSA) is 42.2 Å². The van der Waals surface area contributed by atoms with Gasteiger partial charge in [-0.25, -0.2) is 0 Å². The maximum Gasteiger partial charge on any atom is 0.157 e. The summed E-state index contributed by atoms with van der Waals surface area (Å²) in [6, 6.07) is 11.0. The summed E-state index contributed by atoms with van der Waals surface area (Å²) in [5.41, 5.74) is 2.22. The van der Waals surface area contributed by atoms with Crippen molar-refractivity contribution in [1.29, 1.82) is 5.26 Å². The van der Waals surface area contributed by atoms with Gasteiger partial charge < -0.3 is 9.47 Å². The van der Waals surface area contributed by atoms with E-state index in [1.54, 1.807) is 0 Å². The normalized spacial score (nSPS) is 26.9. The van der Waals surface area contributed by atoms with Crippen molar-refractivity contribution in [3.05, 3.63) is 35.4 Å². The third kappa shape index (κ3) is 2.39. The van der Waals surface area contributed by atoms with Crippen LogP contribution in [0.5, 0.6) is 0 Å². The fourth-order valence-electron chi connectivity index (χ4n) is 3.29. The Kier molecular flexibility index (Phi) is 3.54. The van der Waals surface area contributed by atoms with E-state index < -0.39 is 0 Å². The van der Waals surface area contributed by atoms with Gasteiger partial charge in [-0.05, 0) is 36.8 Å². The van der Waals surface area contributed by atoms with Gasteiger partial charge in [-0.2, -0.15) is 5.26 Å². The Balaban J connectivity index is 1.81. The number of nitrogens with zero attached hydrogens (tertiary/aromatic N) is 1. The number of hydrogen-bond donors (Lipinski definition) is 0. The molecule has 0 saturated carbocycles. The average Bonchev–Trinajstić information content (AvgIpc) is 2.98. The lowest BCUT2D eigenvalue weighted by molar-refractivity contribution is -0.0504. The van der Waals surface area contributed by atoms with Crippen molar-refractivity contribution in [3.63, 3.8) is 0 Å². The summed E-state index contributed by atoms with van der Waals surface area (Å²) in [5, 5.41) is 9.73. The molecule has 19 heavy (non-hydrogen) atoms. The van der Waals surface area contributed by atoms with E-state index in [1.165, 1.54) is 11.1 Å². The first-order valence-corrected chi connectivity index (χ1v) is 7.07. The van der Waals surface area contributed by atoms with Gasteiger partial charge in [-0.15, -0.1) is 0 Å². The van der Waals surface area contributed by atoms with Crippen LogP contribution in [0.2, 0.25) is 0 Å². The average molecular weight is 257 g/mol. The smallest absolute Gasteiger partial charge is 0.157 e. The standard InChI is InChI=1S/C16H19NO2/c17-12-16(9-7-15-18-10-11-19-15)8-3-5-13-4-1-2-6-14(13)16/h1-2,4,6,15H,3,5,7-11H2. The molecule has 3 nitrogen and oxygen atoms in total. The second-order valence-corrected chi connectivity index (χ2v) is 5.41. The molecule has 0 spiro atoms. The molecule has 0 aromatic heterocycles. The summed E-state index contributed by atoms with van der Waals surface area (Å²) < 4.78 is 11.0. The highest BCUT2D eigenvalue weighted by Gasteiger charge is 2.37. The van der Waals surface area contributed by atoms with Gasteiger partial charge in [-0.3, -0.25) is 0 Å². The van der Waals surface area contributed by atoms with Crippen LogP contribution in [0.15, 0.2) is 24.3 Å². The second-order valence-electron chi connectivity index (χ2n) is 5.41. The summed E-state index contributed by atoms with van der Waals surface area (Å²) >= 11 is 0. The molecule has 0 N–H and O–H groups in total. The van der Waals surface area contributed by atoms with Crippen LogP contribution in [0, 0.1) is 11.3 Å². The van der Waals surface area contributed by atoms with Crippen molar-refractivity contribution in [2.24, 2.45) is 0 Å². The van der Waals surface area contributed by atoms with Gasteiger partial charge in [0.1, 0.15) is 0 Å². The van der Waals surface area contributed by atoms with Crippen LogP contribution in [0.25, 0.3) is 0 Å². The molecular weight excluding hydrogens is 238 g/mol. The maximum atomic E-state index is 9.73. The van der Waals surface area contributed by atoms with Gasteiger partial charge in [0, 0.05) is 6.42 Å². The molecule has 1 atom stereocenters. The second kappa shape index (κ2) is 5.32. The molecule has 1 aromatic rings. The van der Waals surface area contributed by atoms with Crippen LogP contribution in [0.4, 0.5) is 0 Å². The highest BCUT2D eigenvalue weighted by atomic mass is 16.7. The Hall–Kier alpha value is -1.37. The number of ether oxygens (including phenoxy) is 2. The zero-order chi connectivity index (χ0) is 13.1. The number of benzene rings is 1. The van der Waals surface area contributed by atoms with E-state index in [9.17, 15) is 5.26 Å². The van der Waals surface area contributed by atoms with E-state index >= 15 is 0 Å². The Morgan fingerprint density at radius 3 is 2.84 bits per heavy atom. The van der Waals surface area contributed by atoms with Gasteiger partial charge in [-0.1, -0.05) is 24.3 Å². The molecule has 1 fully saturated rings. The lowest BCUT2D eigenvalue weighted by Crippen LogP contribution is -2.30. The molecule has 1 aliphatic heterocycles. The largest absolute Gasteiger partial charge is 0.350 e. The number of hydrogen-bond acceptors (Lipinski definition) is 3. The van der Waals surface area contributed by atoms with Crippen LogP contribution < -0.4 is 0 Å². The molecule has 2 aliphatic rings. The number of fused-ring (bicyclic) bond motifs is 1. The minimum atomic E-state index is -0.343. The zero-order valence-corrected chi connectivity index (χ0v) is 11.1. The lowest BCUT2D eigenvalue weighted by Gasteiger charge is -2.33. The van der Waals surface area contributed by atoms with Gasteiger partial charge in [0.25, 0.3) is 0 Å². The summed E-state index contributed by atoms with van der Waals surface area (Å²) in [4.78, 5) is 0. The molecule has 1 aliphatic carbocycles. The first kappa shape index (κ1) is 12.7. The SMILES string of the molecule is N#CC1(CCC2OCCO2)CCCc2ccccc21. The Bertz CT molecular complexity index is 488. The highest BCUT2D eigenvalue weighted by Crippen LogP contribution is 2.41. The quantitative estimate of drug-likeness (QED) is 0.836. The maximum absolute atomic E-state index is 9.73.